The third kappa shape index (κ3) is 2.84. The molecule has 1 atom stereocenters. The first-order chi connectivity index (χ1) is 8.60. The summed E-state index contributed by atoms with van der Waals surface area (Å²) in [6, 6.07) is 2.79. The standard InChI is InChI=1S/C11H16N4O2S/c1-2-9-7-14(3-4-18-9)11-6-8(15(16)17)5-10(12)13-11/h5-6,9H,2-4,7H2,1H3,(H2,12,13). The molecule has 1 aliphatic heterocycles. The fourth-order valence-corrected chi connectivity index (χ4v) is 3.14. The number of nitrogen functional groups attached to an aromatic ring is 1. The molecule has 0 aliphatic carbocycles. The first-order valence-corrected chi connectivity index (χ1v) is 6.93. The Morgan fingerprint density at radius 2 is 2.44 bits per heavy atom. The van der Waals surface area contributed by atoms with Crippen LogP contribution in [0, 0.1) is 10.1 Å². The van der Waals surface area contributed by atoms with E-state index in [1.54, 1.807) is 0 Å². The van der Waals surface area contributed by atoms with Gasteiger partial charge in [-0.25, -0.2) is 4.98 Å². The van der Waals surface area contributed by atoms with Crippen molar-refractivity contribution >= 4 is 29.1 Å². The molecular formula is C11H16N4O2S. The molecule has 1 fully saturated rings. The van der Waals surface area contributed by atoms with Crippen molar-refractivity contribution in [1.29, 1.82) is 0 Å². The second-order valence-corrected chi connectivity index (χ2v) is 5.62. The normalized spacial score (nSPS) is 19.8. The fourth-order valence-electron chi connectivity index (χ4n) is 1.96. The minimum Gasteiger partial charge on any atom is -0.383 e. The predicted octanol–water partition coefficient (Wildman–Crippen LogP) is 1.90. The third-order valence-corrected chi connectivity index (χ3v) is 4.32. The molecule has 0 bridgehead atoms. The third-order valence-electron chi connectivity index (χ3n) is 2.95. The van der Waals surface area contributed by atoms with Crippen molar-refractivity contribution in [1.82, 2.24) is 4.98 Å². The van der Waals surface area contributed by atoms with Crippen LogP contribution in [0.3, 0.4) is 0 Å². The van der Waals surface area contributed by atoms with Crippen LogP contribution in [0.15, 0.2) is 12.1 Å². The molecule has 2 N–H and O–H groups in total. The lowest BCUT2D eigenvalue weighted by Crippen LogP contribution is -2.38. The lowest BCUT2D eigenvalue weighted by Gasteiger charge is -2.32. The van der Waals surface area contributed by atoms with Gasteiger partial charge in [0.05, 0.1) is 17.1 Å². The van der Waals surface area contributed by atoms with Gasteiger partial charge in [0.25, 0.3) is 5.69 Å². The average molecular weight is 268 g/mol. The van der Waals surface area contributed by atoms with Gasteiger partial charge in [-0.1, -0.05) is 6.92 Å². The Balaban J connectivity index is 2.24. The lowest BCUT2D eigenvalue weighted by molar-refractivity contribution is -0.384. The number of rotatable bonds is 3. The molecule has 18 heavy (non-hydrogen) atoms. The number of anilines is 2. The van der Waals surface area contributed by atoms with Gasteiger partial charge in [0.1, 0.15) is 11.6 Å². The molecule has 1 aromatic heterocycles. The number of thioether (sulfide) groups is 1. The molecular weight excluding hydrogens is 252 g/mol. The van der Waals surface area contributed by atoms with Crippen LogP contribution in [0.2, 0.25) is 0 Å². The summed E-state index contributed by atoms with van der Waals surface area (Å²) in [7, 11) is 0. The van der Waals surface area contributed by atoms with E-state index >= 15 is 0 Å². The maximum atomic E-state index is 10.8. The number of aromatic nitrogens is 1. The van der Waals surface area contributed by atoms with Crippen molar-refractivity contribution in [2.75, 3.05) is 29.5 Å². The van der Waals surface area contributed by atoms with Crippen LogP contribution < -0.4 is 10.6 Å². The topological polar surface area (TPSA) is 85.3 Å². The van der Waals surface area contributed by atoms with Gasteiger partial charge in [-0.3, -0.25) is 10.1 Å². The number of hydrogen-bond acceptors (Lipinski definition) is 6. The second kappa shape index (κ2) is 5.43. The molecule has 0 spiro atoms. The van der Waals surface area contributed by atoms with E-state index in [9.17, 15) is 10.1 Å². The smallest absolute Gasteiger partial charge is 0.276 e. The van der Waals surface area contributed by atoms with Gasteiger partial charge < -0.3 is 10.6 Å². The zero-order valence-corrected chi connectivity index (χ0v) is 11.0. The van der Waals surface area contributed by atoms with Gasteiger partial charge in [-0.15, -0.1) is 0 Å². The number of nitrogens with two attached hydrogens (primary N) is 1. The molecule has 98 valence electrons. The zero-order valence-electron chi connectivity index (χ0n) is 10.2. The van der Waals surface area contributed by atoms with Crippen LogP contribution in [0.1, 0.15) is 13.3 Å². The molecule has 0 aromatic carbocycles. The van der Waals surface area contributed by atoms with Crippen LogP contribution in [-0.2, 0) is 0 Å². The van der Waals surface area contributed by atoms with Crippen LogP contribution in [0.5, 0.6) is 0 Å². The van der Waals surface area contributed by atoms with Crippen molar-refractivity contribution in [2.45, 2.75) is 18.6 Å². The van der Waals surface area contributed by atoms with E-state index in [1.807, 2.05) is 11.8 Å². The summed E-state index contributed by atoms with van der Waals surface area (Å²) in [5, 5.41) is 11.4. The SMILES string of the molecule is CCC1CN(c2cc([N+](=O)[O-])cc(N)n2)CCS1. The van der Waals surface area contributed by atoms with Crippen molar-refractivity contribution in [3.8, 4) is 0 Å². The summed E-state index contributed by atoms with van der Waals surface area (Å²) < 4.78 is 0. The van der Waals surface area contributed by atoms with Crippen molar-refractivity contribution in [2.24, 2.45) is 0 Å². The Morgan fingerprint density at radius 3 is 3.11 bits per heavy atom. The molecule has 0 saturated carbocycles. The number of pyridine rings is 1. The lowest BCUT2D eigenvalue weighted by atomic mass is 10.2. The Kier molecular flexibility index (Phi) is 3.90. The predicted molar refractivity (Wildman–Crippen MR) is 74.1 cm³/mol. The maximum absolute atomic E-state index is 10.8. The summed E-state index contributed by atoms with van der Waals surface area (Å²) in [6.07, 6.45) is 1.09. The van der Waals surface area contributed by atoms with Crippen molar-refractivity contribution in [3.63, 3.8) is 0 Å². The van der Waals surface area contributed by atoms with Crippen LogP contribution in [-0.4, -0.2) is 34.0 Å². The first kappa shape index (κ1) is 12.9. The highest BCUT2D eigenvalue weighted by atomic mass is 32.2. The van der Waals surface area contributed by atoms with E-state index in [0.29, 0.717) is 11.1 Å². The highest BCUT2D eigenvalue weighted by Gasteiger charge is 2.22. The Labute approximate surface area is 110 Å². The largest absolute Gasteiger partial charge is 0.383 e. The van der Waals surface area contributed by atoms with Gasteiger partial charge in [-0.05, 0) is 6.42 Å². The Hall–Kier alpha value is -1.50. The molecule has 6 nitrogen and oxygen atoms in total. The molecule has 0 amide bonds. The van der Waals surface area contributed by atoms with E-state index in [1.165, 1.54) is 12.1 Å². The number of nitrogens with zero attached hydrogens (tertiary/aromatic N) is 3. The van der Waals surface area contributed by atoms with Gasteiger partial charge in [0, 0.05) is 24.1 Å². The van der Waals surface area contributed by atoms with Crippen molar-refractivity contribution in [3.05, 3.63) is 22.2 Å². The second-order valence-electron chi connectivity index (χ2n) is 4.21. The monoisotopic (exact) mass is 268 g/mol. The number of hydrogen-bond donors (Lipinski definition) is 1. The summed E-state index contributed by atoms with van der Waals surface area (Å²) >= 11 is 1.94. The maximum Gasteiger partial charge on any atom is 0.276 e. The quantitative estimate of drug-likeness (QED) is 0.665. The molecule has 2 heterocycles. The summed E-state index contributed by atoms with van der Waals surface area (Å²) in [4.78, 5) is 16.7. The van der Waals surface area contributed by atoms with Gasteiger partial charge in [-0.2, -0.15) is 11.8 Å². The average Bonchev–Trinajstić information content (AvgIpc) is 2.38. The zero-order chi connectivity index (χ0) is 13.1. The van der Waals surface area contributed by atoms with Gasteiger partial charge in [0.15, 0.2) is 0 Å². The minimum atomic E-state index is -0.433. The van der Waals surface area contributed by atoms with Gasteiger partial charge >= 0.3 is 0 Å². The van der Waals surface area contributed by atoms with Crippen LogP contribution in [0.4, 0.5) is 17.3 Å². The summed E-state index contributed by atoms with van der Waals surface area (Å²) in [5.74, 6) is 1.83. The molecule has 7 heteroatoms. The van der Waals surface area contributed by atoms with E-state index in [4.69, 9.17) is 5.73 Å². The van der Waals surface area contributed by atoms with E-state index < -0.39 is 4.92 Å². The molecule has 0 radical (unpaired) electrons. The van der Waals surface area contributed by atoms with E-state index in [-0.39, 0.29) is 11.5 Å². The summed E-state index contributed by atoms with van der Waals surface area (Å²) in [6.45, 7) is 3.87. The molecule has 1 saturated heterocycles. The van der Waals surface area contributed by atoms with E-state index in [2.05, 4.69) is 16.8 Å². The fraction of sp³-hybridized carbons (Fsp3) is 0.545. The minimum absolute atomic E-state index is 0.00350. The summed E-state index contributed by atoms with van der Waals surface area (Å²) in [5.41, 5.74) is 5.63. The highest BCUT2D eigenvalue weighted by Crippen LogP contribution is 2.27. The number of nitro groups is 1. The van der Waals surface area contributed by atoms with Crippen LogP contribution in [0.25, 0.3) is 0 Å². The van der Waals surface area contributed by atoms with Crippen LogP contribution >= 0.6 is 11.8 Å². The first-order valence-electron chi connectivity index (χ1n) is 5.88. The molecule has 1 aromatic rings. The highest BCUT2D eigenvalue weighted by molar-refractivity contribution is 8.00. The molecule has 1 aliphatic rings. The van der Waals surface area contributed by atoms with E-state index in [0.717, 1.165) is 25.3 Å². The Morgan fingerprint density at radius 1 is 1.67 bits per heavy atom. The van der Waals surface area contributed by atoms with Gasteiger partial charge in [0.2, 0.25) is 0 Å². The molecule has 2 rings (SSSR count). The van der Waals surface area contributed by atoms with Crippen molar-refractivity contribution < 1.29 is 4.92 Å². The Bertz CT molecular complexity index is 455. The molecule has 1 unspecified atom stereocenters.